The normalized spacial score (nSPS) is 12.3. The van der Waals surface area contributed by atoms with Gasteiger partial charge in [0.25, 0.3) is 0 Å². The van der Waals surface area contributed by atoms with Crippen LogP contribution in [0.2, 0.25) is 0 Å². The number of hydrogen-bond donors (Lipinski definition) is 0. The lowest BCUT2D eigenvalue weighted by Gasteiger charge is -2.05. The van der Waals surface area contributed by atoms with Crippen molar-refractivity contribution in [3.05, 3.63) is 72.9 Å². The first kappa shape index (κ1) is 44.2. The Kier molecular flexibility index (Phi) is 35.5. The van der Waals surface area contributed by atoms with E-state index >= 15 is 0 Å². The molecule has 0 atom stereocenters. The number of carbonyl (C=O) groups is 3. The lowest BCUT2D eigenvalue weighted by molar-refractivity contribution is -0.144. The summed E-state index contributed by atoms with van der Waals surface area (Å²) >= 11 is 0. The maximum atomic E-state index is 12.1. The fourth-order valence-corrected chi connectivity index (χ4v) is 4.93. The van der Waals surface area contributed by atoms with Gasteiger partial charge in [-0.25, -0.2) is 0 Å². The Bertz CT molecular complexity index is 918. The van der Waals surface area contributed by atoms with Crippen LogP contribution in [0.1, 0.15) is 174 Å². The highest BCUT2D eigenvalue weighted by atomic mass is 16.5. The Morgan fingerprint density at radius 1 is 0.383 bits per heavy atom. The lowest BCUT2D eigenvalue weighted by Crippen LogP contribution is -2.08. The van der Waals surface area contributed by atoms with Gasteiger partial charge in [-0.3, -0.25) is 14.4 Å². The van der Waals surface area contributed by atoms with E-state index in [1.54, 1.807) is 0 Å². The van der Waals surface area contributed by atoms with Gasteiger partial charge in [-0.2, -0.15) is 0 Å². The minimum absolute atomic E-state index is 0.0806. The van der Waals surface area contributed by atoms with Gasteiger partial charge in [0.15, 0.2) is 0 Å². The van der Waals surface area contributed by atoms with Crippen LogP contribution in [-0.4, -0.2) is 24.1 Å². The predicted octanol–water partition coefficient (Wildman–Crippen LogP) is 12.8. The van der Waals surface area contributed by atoms with Crippen LogP contribution in [0.15, 0.2) is 72.9 Å². The summed E-state index contributed by atoms with van der Waals surface area (Å²) < 4.78 is 5.28. The average molecular weight is 651 g/mol. The number of hydrogen-bond acceptors (Lipinski definition) is 4. The van der Waals surface area contributed by atoms with E-state index in [0.717, 1.165) is 70.6 Å². The molecule has 0 bridgehead atoms. The van der Waals surface area contributed by atoms with E-state index < -0.39 is 0 Å². The molecule has 0 aliphatic carbocycles. The standard InChI is InChI=1S/C43H70O4/c1-3-5-7-9-11-13-15-17-19-21-22-24-26-28-30-32-35-41(44)38-39-42(45)36-34-40-47-43(46)37-33-31-29-27-25-23-20-18-16-14-12-10-8-6-4-2/h11-14,17-20,22,24-25,27H,3-10,15-16,21,23,26,28-40H2,1-2H3/b13-11-,14-12-,19-17-,20-18-,24-22-,27-25-. The Hall–Kier alpha value is -2.75. The number of ketones is 2. The van der Waals surface area contributed by atoms with Crippen molar-refractivity contribution in [1.29, 1.82) is 0 Å². The van der Waals surface area contributed by atoms with Gasteiger partial charge in [0.05, 0.1) is 6.61 Å². The SMILES string of the molecule is CCCCC/C=C\C/C=C\C/C=C\CCCCCC(=O)CCC(=O)CCCOC(=O)CCCC/C=C\C/C=C\C/C=C\CCCCC. The Labute approximate surface area is 290 Å². The van der Waals surface area contributed by atoms with Gasteiger partial charge >= 0.3 is 5.97 Å². The maximum absolute atomic E-state index is 12.1. The summed E-state index contributed by atoms with van der Waals surface area (Å²) in [6.45, 7) is 4.74. The molecule has 0 aromatic rings. The van der Waals surface area contributed by atoms with Crippen LogP contribution >= 0.6 is 0 Å². The summed E-state index contributed by atoms with van der Waals surface area (Å²) in [4.78, 5) is 36.2. The van der Waals surface area contributed by atoms with Crippen molar-refractivity contribution < 1.29 is 19.1 Å². The van der Waals surface area contributed by atoms with Crippen molar-refractivity contribution in [3.8, 4) is 0 Å². The molecule has 0 unspecified atom stereocenters. The van der Waals surface area contributed by atoms with E-state index in [-0.39, 0.29) is 24.1 Å². The van der Waals surface area contributed by atoms with Gasteiger partial charge in [-0.05, 0) is 96.3 Å². The highest BCUT2D eigenvalue weighted by Crippen LogP contribution is 2.09. The molecule has 0 fully saturated rings. The van der Waals surface area contributed by atoms with Crippen molar-refractivity contribution in [2.24, 2.45) is 0 Å². The van der Waals surface area contributed by atoms with Crippen LogP contribution in [0.25, 0.3) is 0 Å². The monoisotopic (exact) mass is 651 g/mol. The van der Waals surface area contributed by atoms with Crippen molar-refractivity contribution >= 4 is 17.5 Å². The number of esters is 1. The first-order chi connectivity index (χ1) is 23.1. The summed E-state index contributed by atoms with van der Waals surface area (Å²) in [5.74, 6) is 0.0697. The van der Waals surface area contributed by atoms with Gasteiger partial charge < -0.3 is 4.74 Å². The molecule has 0 aromatic heterocycles. The van der Waals surface area contributed by atoms with Gasteiger partial charge in [0.1, 0.15) is 11.6 Å². The zero-order valence-corrected chi connectivity index (χ0v) is 30.4. The number of ether oxygens (including phenoxy) is 1. The number of carbonyl (C=O) groups excluding carboxylic acids is 3. The van der Waals surface area contributed by atoms with E-state index in [9.17, 15) is 14.4 Å². The Morgan fingerprint density at radius 3 is 1.19 bits per heavy atom. The van der Waals surface area contributed by atoms with E-state index in [0.29, 0.717) is 38.5 Å². The van der Waals surface area contributed by atoms with Crippen LogP contribution in [0.5, 0.6) is 0 Å². The number of Topliss-reactive ketones (excluding diaryl/α,β-unsaturated/α-hetero) is 2. The van der Waals surface area contributed by atoms with E-state index in [1.165, 1.54) is 51.4 Å². The minimum atomic E-state index is -0.189. The number of unbranched alkanes of at least 4 members (excludes halogenated alkanes) is 11. The van der Waals surface area contributed by atoms with E-state index in [1.807, 2.05) is 0 Å². The average Bonchev–Trinajstić information content (AvgIpc) is 3.07. The molecule has 0 saturated heterocycles. The summed E-state index contributed by atoms with van der Waals surface area (Å²) in [5, 5.41) is 0. The molecule has 4 nitrogen and oxygen atoms in total. The smallest absolute Gasteiger partial charge is 0.305 e. The Morgan fingerprint density at radius 2 is 0.745 bits per heavy atom. The predicted molar refractivity (Wildman–Crippen MR) is 203 cm³/mol. The molecule has 0 aromatic carbocycles. The third kappa shape index (κ3) is 37.6. The molecule has 47 heavy (non-hydrogen) atoms. The van der Waals surface area contributed by atoms with Crippen LogP contribution in [0, 0.1) is 0 Å². The lowest BCUT2D eigenvalue weighted by atomic mass is 10.0. The van der Waals surface area contributed by atoms with Gasteiger partial charge in [0, 0.05) is 32.1 Å². The molecule has 0 saturated carbocycles. The third-order valence-corrected chi connectivity index (χ3v) is 7.91. The van der Waals surface area contributed by atoms with Crippen LogP contribution in [0.3, 0.4) is 0 Å². The van der Waals surface area contributed by atoms with Gasteiger partial charge in [-0.15, -0.1) is 0 Å². The fourth-order valence-electron chi connectivity index (χ4n) is 4.93. The van der Waals surface area contributed by atoms with Gasteiger partial charge in [-0.1, -0.05) is 119 Å². The van der Waals surface area contributed by atoms with Crippen LogP contribution in [0.4, 0.5) is 0 Å². The van der Waals surface area contributed by atoms with Crippen molar-refractivity contribution in [2.45, 2.75) is 174 Å². The molecular formula is C43H70O4. The molecule has 266 valence electrons. The second kappa shape index (κ2) is 37.7. The molecule has 0 rings (SSSR count). The molecule has 0 radical (unpaired) electrons. The molecule has 0 aliphatic rings. The van der Waals surface area contributed by atoms with Crippen molar-refractivity contribution in [3.63, 3.8) is 0 Å². The molecular weight excluding hydrogens is 580 g/mol. The summed E-state index contributed by atoms with van der Waals surface area (Å²) in [6, 6.07) is 0. The molecule has 0 amide bonds. The highest BCUT2D eigenvalue weighted by Gasteiger charge is 2.08. The second-order valence-corrected chi connectivity index (χ2v) is 12.5. The largest absolute Gasteiger partial charge is 0.466 e. The number of allylic oxidation sites excluding steroid dienone is 12. The quantitative estimate of drug-likeness (QED) is 0.0395. The highest BCUT2D eigenvalue weighted by molar-refractivity contribution is 5.85. The molecule has 0 heterocycles. The third-order valence-electron chi connectivity index (χ3n) is 7.91. The summed E-state index contributed by atoms with van der Waals surface area (Å²) in [6.07, 6.45) is 50.2. The summed E-state index contributed by atoms with van der Waals surface area (Å²) in [5.41, 5.74) is 0. The first-order valence-electron chi connectivity index (χ1n) is 19.2. The van der Waals surface area contributed by atoms with Crippen LogP contribution < -0.4 is 0 Å². The number of rotatable bonds is 34. The summed E-state index contributed by atoms with van der Waals surface area (Å²) in [7, 11) is 0. The zero-order chi connectivity index (χ0) is 34.3. The maximum Gasteiger partial charge on any atom is 0.305 e. The van der Waals surface area contributed by atoms with Crippen molar-refractivity contribution in [2.75, 3.05) is 6.61 Å². The molecule has 0 aliphatic heterocycles. The Balaban J connectivity index is 3.57. The van der Waals surface area contributed by atoms with Crippen molar-refractivity contribution in [1.82, 2.24) is 0 Å². The van der Waals surface area contributed by atoms with Crippen LogP contribution in [-0.2, 0) is 19.1 Å². The zero-order valence-electron chi connectivity index (χ0n) is 30.4. The molecule has 0 N–H and O–H groups in total. The minimum Gasteiger partial charge on any atom is -0.466 e. The van der Waals surface area contributed by atoms with E-state index in [2.05, 4.69) is 86.8 Å². The molecule has 0 spiro atoms. The van der Waals surface area contributed by atoms with E-state index in [4.69, 9.17) is 4.74 Å². The fraction of sp³-hybridized carbons (Fsp3) is 0.651. The first-order valence-corrected chi connectivity index (χ1v) is 19.2. The van der Waals surface area contributed by atoms with Gasteiger partial charge in [0.2, 0.25) is 0 Å². The topological polar surface area (TPSA) is 60.4 Å². The second-order valence-electron chi connectivity index (χ2n) is 12.5. The molecule has 4 heteroatoms.